The Hall–Kier alpha value is -0.800. The minimum absolute atomic E-state index is 0.124. The van der Waals surface area contributed by atoms with Crippen molar-refractivity contribution in [3.63, 3.8) is 0 Å². The molecule has 1 aromatic heterocycles. The Labute approximate surface area is 70.4 Å². The summed E-state index contributed by atoms with van der Waals surface area (Å²) in [6.45, 7) is 1.84. The Morgan fingerprint density at radius 1 is 1.64 bits per heavy atom. The maximum absolute atomic E-state index is 5.69. The van der Waals surface area contributed by atoms with Crippen molar-refractivity contribution < 1.29 is 0 Å². The molecule has 1 atom stereocenters. The van der Waals surface area contributed by atoms with E-state index in [9.17, 15) is 0 Å². The molecule has 3 nitrogen and oxygen atoms in total. The summed E-state index contributed by atoms with van der Waals surface area (Å²) in [5, 5.41) is 0.562. The topological polar surface area (TPSA) is 64.9 Å². The van der Waals surface area contributed by atoms with Crippen LogP contribution in [0.1, 0.15) is 18.5 Å². The first kappa shape index (κ1) is 8.30. The van der Waals surface area contributed by atoms with Gasteiger partial charge in [0.25, 0.3) is 0 Å². The molecule has 0 bridgehead atoms. The van der Waals surface area contributed by atoms with Gasteiger partial charge in [0.15, 0.2) is 0 Å². The summed E-state index contributed by atoms with van der Waals surface area (Å²) in [6.07, 6.45) is 1.50. The van der Waals surface area contributed by atoms with E-state index in [1.54, 1.807) is 6.07 Å². The van der Waals surface area contributed by atoms with Crippen molar-refractivity contribution in [2.45, 2.75) is 13.0 Å². The molecule has 1 rings (SSSR count). The smallest absolute Gasteiger partial charge is 0.128 e. The maximum atomic E-state index is 5.69. The van der Waals surface area contributed by atoms with Crippen LogP contribution >= 0.6 is 11.6 Å². The molecule has 0 spiro atoms. The van der Waals surface area contributed by atoms with Crippen molar-refractivity contribution in [3.8, 4) is 0 Å². The van der Waals surface area contributed by atoms with Gasteiger partial charge in [-0.3, -0.25) is 0 Å². The SMILES string of the molecule is C[C@@H](N)c1cc(Cl)cnc1N. The molecule has 0 saturated carbocycles. The van der Waals surface area contributed by atoms with Gasteiger partial charge in [-0.1, -0.05) is 11.6 Å². The summed E-state index contributed by atoms with van der Waals surface area (Å²) in [5.74, 6) is 0.449. The Morgan fingerprint density at radius 2 is 2.27 bits per heavy atom. The highest BCUT2D eigenvalue weighted by Crippen LogP contribution is 2.19. The van der Waals surface area contributed by atoms with Gasteiger partial charge in [0.1, 0.15) is 5.82 Å². The summed E-state index contributed by atoms with van der Waals surface area (Å²) in [4.78, 5) is 3.87. The fourth-order valence-corrected chi connectivity index (χ4v) is 0.997. The van der Waals surface area contributed by atoms with E-state index in [1.807, 2.05) is 6.92 Å². The van der Waals surface area contributed by atoms with Gasteiger partial charge in [-0.25, -0.2) is 4.98 Å². The molecule has 0 aliphatic heterocycles. The van der Waals surface area contributed by atoms with Crippen molar-refractivity contribution in [2.75, 3.05) is 5.73 Å². The van der Waals surface area contributed by atoms with Crippen LogP contribution in [0.15, 0.2) is 12.3 Å². The molecule has 0 radical (unpaired) electrons. The number of nitrogen functional groups attached to an aromatic ring is 1. The van der Waals surface area contributed by atoms with E-state index in [-0.39, 0.29) is 6.04 Å². The molecule has 0 saturated heterocycles. The van der Waals surface area contributed by atoms with E-state index in [0.29, 0.717) is 10.8 Å². The molecular weight excluding hydrogens is 162 g/mol. The first-order chi connectivity index (χ1) is 5.11. The average molecular weight is 172 g/mol. The van der Waals surface area contributed by atoms with Crippen molar-refractivity contribution in [1.82, 2.24) is 4.98 Å². The van der Waals surface area contributed by atoms with Crippen LogP contribution in [0.5, 0.6) is 0 Å². The molecule has 0 aromatic carbocycles. The summed E-state index contributed by atoms with van der Waals surface area (Å²) in [5.41, 5.74) is 11.9. The van der Waals surface area contributed by atoms with Gasteiger partial charge in [-0.15, -0.1) is 0 Å². The number of pyridine rings is 1. The first-order valence-electron chi connectivity index (χ1n) is 3.27. The van der Waals surface area contributed by atoms with Crippen LogP contribution in [0, 0.1) is 0 Å². The zero-order valence-corrected chi connectivity index (χ0v) is 6.97. The molecule has 1 heterocycles. The zero-order chi connectivity index (χ0) is 8.43. The van der Waals surface area contributed by atoms with Crippen LogP contribution in [0.2, 0.25) is 5.02 Å². The lowest BCUT2D eigenvalue weighted by molar-refractivity contribution is 0.816. The van der Waals surface area contributed by atoms with Crippen LogP contribution in [-0.2, 0) is 0 Å². The minimum atomic E-state index is -0.124. The number of hydrogen-bond acceptors (Lipinski definition) is 3. The number of hydrogen-bond donors (Lipinski definition) is 2. The predicted octanol–water partition coefficient (Wildman–Crippen LogP) is 1.34. The van der Waals surface area contributed by atoms with Crippen LogP contribution in [0.4, 0.5) is 5.82 Å². The number of aromatic nitrogens is 1. The second-order valence-corrected chi connectivity index (χ2v) is 2.85. The summed E-state index contributed by atoms with van der Waals surface area (Å²) in [7, 11) is 0. The Bertz CT molecular complexity index is 260. The summed E-state index contributed by atoms with van der Waals surface area (Å²) >= 11 is 5.69. The third kappa shape index (κ3) is 1.82. The zero-order valence-electron chi connectivity index (χ0n) is 6.21. The predicted molar refractivity (Wildman–Crippen MR) is 46.3 cm³/mol. The highest BCUT2D eigenvalue weighted by atomic mass is 35.5. The van der Waals surface area contributed by atoms with Gasteiger partial charge < -0.3 is 11.5 Å². The molecule has 11 heavy (non-hydrogen) atoms. The number of rotatable bonds is 1. The minimum Gasteiger partial charge on any atom is -0.383 e. The highest BCUT2D eigenvalue weighted by molar-refractivity contribution is 6.30. The third-order valence-corrected chi connectivity index (χ3v) is 1.61. The Morgan fingerprint density at radius 3 is 2.73 bits per heavy atom. The quantitative estimate of drug-likeness (QED) is 0.670. The molecule has 60 valence electrons. The van der Waals surface area contributed by atoms with Crippen molar-refractivity contribution in [3.05, 3.63) is 22.8 Å². The lowest BCUT2D eigenvalue weighted by Crippen LogP contribution is -2.09. The van der Waals surface area contributed by atoms with Gasteiger partial charge in [0.2, 0.25) is 0 Å². The van der Waals surface area contributed by atoms with E-state index in [1.165, 1.54) is 6.20 Å². The number of halogens is 1. The van der Waals surface area contributed by atoms with Crippen molar-refractivity contribution >= 4 is 17.4 Å². The monoisotopic (exact) mass is 171 g/mol. The largest absolute Gasteiger partial charge is 0.383 e. The van der Waals surface area contributed by atoms with E-state index in [4.69, 9.17) is 23.1 Å². The van der Waals surface area contributed by atoms with E-state index < -0.39 is 0 Å². The Balaban J connectivity index is 3.13. The third-order valence-electron chi connectivity index (χ3n) is 1.41. The van der Waals surface area contributed by atoms with Crippen LogP contribution < -0.4 is 11.5 Å². The standard InChI is InChI=1S/C7H10ClN3/c1-4(9)6-2-5(8)3-11-7(6)10/h2-4H,9H2,1H3,(H2,10,11)/t4-/m1/s1. The second-order valence-electron chi connectivity index (χ2n) is 2.42. The van der Waals surface area contributed by atoms with Crippen molar-refractivity contribution in [1.29, 1.82) is 0 Å². The summed E-state index contributed by atoms with van der Waals surface area (Å²) < 4.78 is 0. The molecular formula is C7H10ClN3. The molecule has 0 aliphatic rings. The molecule has 0 aliphatic carbocycles. The van der Waals surface area contributed by atoms with Gasteiger partial charge in [0.05, 0.1) is 5.02 Å². The normalized spacial score (nSPS) is 13.0. The van der Waals surface area contributed by atoms with E-state index in [2.05, 4.69) is 4.98 Å². The van der Waals surface area contributed by atoms with Gasteiger partial charge in [-0.2, -0.15) is 0 Å². The van der Waals surface area contributed by atoms with Crippen LogP contribution in [-0.4, -0.2) is 4.98 Å². The lowest BCUT2D eigenvalue weighted by Gasteiger charge is -2.07. The molecule has 4 N–H and O–H groups in total. The average Bonchev–Trinajstić information content (AvgIpc) is 1.94. The molecule has 1 aromatic rings. The number of nitrogens with two attached hydrogens (primary N) is 2. The highest BCUT2D eigenvalue weighted by Gasteiger charge is 2.05. The maximum Gasteiger partial charge on any atom is 0.128 e. The van der Waals surface area contributed by atoms with E-state index in [0.717, 1.165) is 5.56 Å². The van der Waals surface area contributed by atoms with Crippen LogP contribution in [0.3, 0.4) is 0 Å². The number of anilines is 1. The van der Waals surface area contributed by atoms with Gasteiger partial charge in [-0.05, 0) is 13.0 Å². The van der Waals surface area contributed by atoms with E-state index >= 15 is 0 Å². The molecule has 0 unspecified atom stereocenters. The fraction of sp³-hybridized carbons (Fsp3) is 0.286. The number of nitrogens with zero attached hydrogens (tertiary/aromatic N) is 1. The van der Waals surface area contributed by atoms with Gasteiger partial charge in [0, 0.05) is 17.8 Å². The van der Waals surface area contributed by atoms with Gasteiger partial charge >= 0.3 is 0 Å². The van der Waals surface area contributed by atoms with Crippen LogP contribution in [0.25, 0.3) is 0 Å². The molecule has 4 heteroatoms. The molecule has 0 fully saturated rings. The Kier molecular flexibility index (Phi) is 2.31. The molecule has 0 amide bonds. The fourth-order valence-electron chi connectivity index (χ4n) is 0.830. The van der Waals surface area contributed by atoms with Crippen molar-refractivity contribution in [2.24, 2.45) is 5.73 Å². The lowest BCUT2D eigenvalue weighted by atomic mass is 10.1. The second kappa shape index (κ2) is 3.07. The first-order valence-corrected chi connectivity index (χ1v) is 3.65. The summed E-state index contributed by atoms with van der Waals surface area (Å²) in [6, 6.07) is 1.61.